The summed E-state index contributed by atoms with van der Waals surface area (Å²) in [4.78, 5) is 12.1. The Balaban J connectivity index is 1.69. The molecule has 28 heavy (non-hydrogen) atoms. The van der Waals surface area contributed by atoms with E-state index in [1.165, 1.54) is 23.1 Å². The first-order valence-corrected chi connectivity index (χ1v) is 9.70. The Labute approximate surface area is 171 Å². The monoisotopic (exact) mass is 383 g/mol. The molecular formula is C24H21N3S. The van der Waals surface area contributed by atoms with E-state index in [1.54, 1.807) is 12.4 Å². The van der Waals surface area contributed by atoms with Gasteiger partial charge in [0.15, 0.2) is 0 Å². The van der Waals surface area contributed by atoms with Gasteiger partial charge in [0.1, 0.15) is 5.69 Å². The number of benzene rings is 2. The van der Waals surface area contributed by atoms with Crippen molar-refractivity contribution in [1.29, 1.82) is 0 Å². The summed E-state index contributed by atoms with van der Waals surface area (Å²) < 4.78 is 0. The largest absolute Gasteiger partial charge is 0.227 e. The van der Waals surface area contributed by atoms with Crippen LogP contribution in [0.15, 0.2) is 65.9 Å². The maximum absolute atomic E-state index is 4.56. The van der Waals surface area contributed by atoms with Crippen LogP contribution in [0.2, 0.25) is 0 Å². The normalized spacial score (nSPS) is 11.1. The zero-order valence-corrected chi connectivity index (χ0v) is 16.8. The summed E-state index contributed by atoms with van der Waals surface area (Å²) in [6, 6.07) is 17.0. The molecule has 0 bridgehead atoms. The van der Waals surface area contributed by atoms with Gasteiger partial charge in [-0.3, -0.25) is 0 Å². The Morgan fingerprint density at radius 3 is 2.11 bits per heavy atom. The van der Waals surface area contributed by atoms with E-state index in [-0.39, 0.29) is 0 Å². The van der Waals surface area contributed by atoms with E-state index < -0.39 is 0 Å². The van der Waals surface area contributed by atoms with Gasteiger partial charge in [-0.25, -0.2) is 9.97 Å². The van der Waals surface area contributed by atoms with Crippen LogP contribution in [0, 0.1) is 17.8 Å². The van der Waals surface area contributed by atoms with Crippen molar-refractivity contribution in [2.45, 2.75) is 26.7 Å². The molecule has 2 aromatic carbocycles. The summed E-state index contributed by atoms with van der Waals surface area (Å²) in [5, 5.41) is 2.29. The molecule has 0 aliphatic rings. The molecule has 3 rings (SSSR count). The molecule has 0 saturated heterocycles. The second kappa shape index (κ2) is 9.71. The highest BCUT2D eigenvalue weighted by Crippen LogP contribution is 2.21. The number of nitrogens with zero attached hydrogens (tertiary/aromatic N) is 3. The molecule has 3 aromatic rings. The average Bonchev–Trinajstić information content (AvgIpc) is 2.74. The molecule has 138 valence electrons. The standard InChI is InChI=1S/C24H21N3S/c1-3-18(2)14-20-6-11-22(12-7-20)21-9-4-19(5-10-21)8-13-24-25-15-23(16-26-24)27-17-28/h4-7,9-12,15-16,18H,3,14H2,1-2H3. The molecule has 3 nitrogen and oxygen atoms in total. The van der Waals surface area contributed by atoms with Crippen molar-refractivity contribution >= 4 is 23.1 Å². The molecule has 0 radical (unpaired) electrons. The molecule has 0 aliphatic heterocycles. The van der Waals surface area contributed by atoms with Gasteiger partial charge in [0.25, 0.3) is 0 Å². The van der Waals surface area contributed by atoms with E-state index in [4.69, 9.17) is 0 Å². The van der Waals surface area contributed by atoms with Gasteiger partial charge in [-0.05, 0) is 59.3 Å². The van der Waals surface area contributed by atoms with Gasteiger partial charge < -0.3 is 0 Å². The van der Waals surface area contributed by atoms with Crippen molar-refractivity contribution < 1.29 is 0 Å². The third kappa shape index (κ3) is 5.44. The molecule has 1 aromatic heterocycles. The summed E-state index contributed by atoms with van der Waals surface area (Å²) in [7, 11) is 0. The van der Waals surface area contributed by atoms with Gasteiger partial charge in [0.05, 0.1) is 17.6 Å². The Morgan fingerprint density at radius 1 is 0.929 bits per heavy atom. The van der Waals surface area contributed by atoms with Crippen LogP contribution in [0.3, 0.4) is 0 Å². The van der Waals surface area contributed by atoms with Crippen LogP contribution < -0.4 is 0 Å². The number of hydrogen-bond acceptors (Lipinski definition) is 4. The minimum atomic E-state index is 0.448. The number of aliphatic imine (C=N–C) groups is 1. The molecule has 0 aliphatic carbocycles. The highest BCUT2D eigenvalue weighted by molar-refractivity contribution is 7.78. The van der Waals surface area contributed by atoms with E-state index >= 15 is 0 Å². The van der Waals surface area contributed by atoms with Crippen LogP contribution in [0.4, 0.5) is 5.69 Å². The van der Waals surface area contributed by atoms with E-state index in [9.17, 15) is 0 Å². The van der Waals surface area contributed by atoms with Crippen LogP contribution in [-0.2, 0) is 6.42 Å². The van der Waals surface area contributed by atoms with Crippen LogP contribution in [0.25, 0.3) is 11.1 Å². The summed E-state index contributed by atoms with van der Waals surface area (Å²) in [5.74, 6) is 7.21. The van der Waals surface area contributed by atoms with Crippen LogP contribution in [0.5, 0.6) is 0 Å². The molecule has 1 heterocycles. The quantitative estimate of drug-likeness (QED) is 0.314. The molecule has 0 spiro atoms. The Kier molecular flexibility index (Phi) is 6.81. The third-order valence-electron chi connectivity index (χ3n) is 4.58. The highest BCUT2D eigenvalue weighted by Gasteiger charge is 2.02. The van der Waals surface area contributed by atoms with E-state index in [2.05, 4.69) is 94.4 Å². The molecule has 0 saturated carbocycles. The first-order valence-electron chi connectivity index (χ1n) is 9.29. The summed E-state index contributed by atoms with van der Waals surface area (Å²) >= 11 is 4.56. The molecule has 4 heteroatoms. The van der Waals surface area contributed by atoms with Crippen molar-refractivity contribution in [2.24, 2.45) is 10.9 Å². The number of hydrogen-bond donors (Lipinski definition) is 0. The molecular weight excluding hydrogens is 362 g/mol. The minimum Gasteiger partial charge on any atom is -0.227 e. The minimum absolute atomic E-state index is 0.448. The lowest BCUT2D eigenvalue weighted by Crippen LogP contribution is -1.97. The van der Waals surface area contributed by atoms with Gasteiger partial charge in [-0.1, -0.05) is 62.6 Å². The van der Waals surface area contributed by atoms with Crippen LogP contribution in [0.1, 0.15) is 37.2 Å². The van der Waals surface area contributed by atoms with Crippen molar-refractivity contribution in [3.63, 3.8) is 0 Å². The molecule has 1 atom stereocenters. The molecule has 1 unspecified atom stereocenters. The lowest BCUT2D eigenvalue weighted by molar-refractivity contribution is 0.560. The number of aromatic nitrogens is 2. The van der Waals surface area contributed by atoms with E-state index in [0.29, 0.717) is 11.5 Å². The molecule has 0 N–H and O–H groups in total. The van der Waals surface area contributed by atoms with Crippen LogP contribution >= 0.6 is 12.2 Å². The van der Waals surface area contributed by atoms with Crippen molar-refractivity contribution in [1.82, 2.24) is 9.97 Å². The maximum atomic E-state index is 4.56. The van der Waals surface area contributed by atoms with Crippen molar-refractivity contribution in [2.75, 3.05) is 0 Å². The van der Waals surface area contributed by atoms with Gasteiger partial charge in [-0.2, -0.15) is 4.99 Å². The highest BCUT2D eigenvalue weighted by atomic mass is 32.1. The topological polar surface area (TPSA) is 38.1 Å². The van der Waals surface area contributed by atoms with Gasteiger partial charge in [0.2, 0.25) is 5.82 Å². The van der Waals surface area contributed by atoms with Crippen molar-refractivity contribution in [3.05, 3.63) is 77.9 Å². The fourth-order valence-corrected chi connectivity index (χ4v) is 2.86. The predicted molar refractivity (Wildman–Crippen MR) is 118 cm³/mol. The zero-order chi connectivity index (χ0) is 19.8. The average molecular weight is 384 g/mol. The lowest BCUT2D eigenvalue weighted by atomic mass is 9.96. The van der Waals surface area contributed by atoms with E-state index in [1.807, 2.05) is 12.1 Å². The second-order valence-corrected chi connectivity index (χ2v) is 6.89. The van der Waals surface area contributed by atoms with Gasteiger partial charge in [0, 0.05) is 5.56 Å². The molecule has 0 amide bonds. The van der Waals surface area contributed by atoms with Crippen molar-refractivity contribution in [3.8, 4) is 23.0 Å². The number of thiocarbonyl (C=S) groups is 1. The fraction of sp³-hybridized carbons (Fsp3) is 0.208. The van der Waals surface area contributed by atoms with Crippen LogP contribution in [-0.4, -0.2) is 15.1 Å². The van der Waals surface area contributed by atoms with Gasteiger partial charge in [-0.15, -0.1) is 0 Å². The predicted octanol–water partition coefficient (Wildman–Crippen LogP) is 5.87. The number of isothiocyanates is 1. The SMILES string of the molecule is CCC(C)Cc1ccc(-c2ccc(C#Cc3ncc(N=C=S)cn3)cc2)cc1. The summed E-state index contributed by atoms with van der Waals surface area (Å²) in [6.07, 6.45) is 5.49. The smallest absolute Gasteiger partial charge is 0.205 e. The first-order chi connectivity index (χ1) is 13.7. The Morgan fingerprint density at radius 2 is 1.54 bits per heavy atom. The van der Waals surface area contributed by atoms with E-state index in [0.717, 1.165) is 17.9 Å². The second-order valence-electron chi connectivity index (χ2n) is 6.71. The zero-order valence-electron chi connectivity index (χ0n) is 16.0. The third-order valence-corrected chi connectivity index (χ3v) is 4.68. The Hall–Kier alpha value is -3.12. The van der Waals surface area contributed by atoms with Gasteiger partial charge >= 0.3 is 0 Å². The maximum Gasteiger partial charge on any atom is 0.205 e. The summed E-state index contributed by atoms with van der Waals surface area (Å²) in [5.41, 5.74) is 5.27. The fourth-order valence-electron chi connectivity index (χ4n) is 2.75. The Bertz CT molecular complexity index is 1020. The first kappa shape index (κ1) is 19.6. The summed E-state index contributed by atoms with van der Waals surface area (Å²) in [6.45, 7) is 4.53. The number of rotatable bonds is 5. The molecule has 0 fully saturated rings. The lowest BCUT2D eigenvalue weighted by Gasteiger charge is -2.09.